The van der Waals surface area contributed by atoms with Gasteiger partial charge < -0.3 is 10.2 Å². The molecule has 0 atom stereocenters. The van der Waals surface area contributed by atoms with Gasteiger partial charge >= 0.3 is 0 Å². The lowest BCUT2D eigenvalue weighted by Gasteiger charge is -2.22. The van der Waals surface area contributed by atoms with Crippen LogP contribution in [0.25, 0.3) is 10.2 Å². The van der Waals surface area contributed by atoms with E-state index in [-0.39, 0.29) is 0 Å². The van der Waals surface area contributed by atoms with Gasteiger partial charge in [0.25, 0.3) is 0 Å². The largest absolute Gasteiger partial charge is 0.357 e. The summed E-state index contributed by atoms with van der Waals surface area (Å²) in [5.74, 6) is 1.61. The summed E-state index contributed by atoms with van der Waals surface area (Å²) < 4.78 is 0. The van der Waals surface area contributed by atoms with E-state index in [0.29, 0.717) is 5.95 Å². The maximum Gasteiger partial charge on any atom is 0.225 e. The predicted molar refractivity (Wildman–Crippen MR) is 87.9 cm³/mol. The lowest BCUT2D eigenvalue weighted by atomic mass is 10.3. The molecular formula is C15H17N5S. The Hall–Kier alpha value is -2.21. The lowest BCUT2D eigenvalue weighted by molar-refractivity contribution is 0.797. The maximum atomic E-state index is 4.64. The summed E-state index contributed by atoms with van der Waals surface area (Å²) in [6.45, 7) is 3.73. The highest BCUT2D eigenvalue weighted by Crippen LogP contribution is 2.29. The van der Waals surface area contributed by atoms with Crippen LogP contribution in [0.2, 0.25) is 0 Å². The lowest BCUT2D eigenvalue weighted by Crippen LogP contribution is -2.24. The molecule has 108 valence electrons. The highest BCUT2D eigenvalue weighted by atomic mass is 32.1. The molecule has 0 bridgehead atoms. The first-order valence-electron chi connectivity index (χ1n) is 6.89. The van der Waals surface area contributed by atoms with Gasteiger partial charge in [-0.25, -0.2) is 4.98 Å². The maximum absolute atomic E-state index is 4.64. The minimum absolute atomic E-state index is 0.652. The van der Waals surface area contributed by atoms with E-state index in [9.17, 15) is 0 Å². The average molecular weight is 299 g/mol. The Morgan fingerprint density at radius 3 is 2.86 bits per heavy atom. The van der Waals surface area contributed by atoms with Crippen LogP contribution in [0.1, 0.15) is 12.6 Å². The van der Waals surface area contributed by atoms with E-state index >= 15 is 0 Å². The molecule has 3 aromatic heterocycles. The zero-order valence-corrected chi connectivity index (χ0v) is 12.9. The molecule has 3 rings (SSSR count). The summed E-state index contributed by atoms with van der Waals surface area (Å²) in [6, 6.07) is 8.06. The van der Waals surface area contributed by atoms with Gasteiger partial charge in [-0.3, -0.25) is 4.98 Å². The van der Waals surface area contributed by atoms with Crippen molar-refractivity contribution in [3.8, 4) is 0 Å². The van der Waals surface area contributed by atoms with Crippen LogP contribution < -0.4 is 10.2 Å². The molecule has 0 fully saturated rings. The number of thiophene rings is 1. The molecule has 1 N–H and O–H groups in total. The van der Waals surface area contributed by atoms with Gasteiger partial charge in [-0.1, -0.05) is 6.07 Å². The van der Waals surface area contributed by atoms with Gasteiger partial charge in [0.05, 0.1) is 17.6 Å². The second-order valence-corrected chi connectivity index (χ2v) is 5.49. The van der Waals surface area contributed by atoms with Gasteiger partial charge in [-0.05, 0) is 30.5 Å². The highest BCUT2D eigenvalue weighted by Gasteiger charge is 2.14. The predicted octanol–water partition coefficient (Wildman–Crippen LogP) is 3.15. The number of nitrogens with one attached hydrogen (secondary N) is 1. The van der Waals surface area contributed by atoms with E-state index < -0.39 is 0 Å². The van der Waals surface area contributed by atoms with Crippen LogP contribution in [0.3, 0.4) is 0 Å². The molecule has 21 heavy (non-hydrogen) atoms. The number of hydrogen-bond donors (Lipinski definition) is 1. The van der Waals surface area contributed by atoms with Crippen molar-refractivity contribution in [2.75, 3.05) is 23.8 Å². The third-order valence-electron chi connectivity index (χ3n) is 3.29. The number of pyridine rings is 1. The zero-order valence-electron chi connectivity index (χ0n) is 12.1. The van der Waals surface area contributed by atoms with Crippen molar-refractivity contribution < 1.29 is 0 Å². The van der Waals surface area contributed by atoms with Crippen molar-refractivity contribution in [2.45, 2.75) is 13.5 Å². The minimum Gasteiger partial charge on any atom is -0.357 e. The summed E-state index contributed by atoms with van der Waals surface area (Å²) in [7, 11) is 1.84. The Bertz CT molecular complexity index is 725. The van der Waals surface area contributed by atoms with Crippen LogP contribution >= 0.6 is 11.3 Å². The second kappa shape index (κ2) is 6.05. The van der Waals surface area contributed by atoms with E-state index in [4.69, 9.17) is 0 Å². The molecule has 0 unspecified atom stereocenters. The van der Waals surface area contributed by atoms with Crippen molar-refractivity contribution in [1.29, 1.82) is 0 Å². The zero-order chi connectivity index (χ0) is 14.7. The second-order valence-electron chi connectivity index (χ2n) is 4.60. The van der Waals surface area contributed by atoms with Gasteiger partial charge in [0.15, 0.2) is 0 Å². The van der Waals surface area contributed by atoms with Crippen molar-refractivity contribution in [3.05, 3.63) is 41.5 Å². The first kappa shape index (κ1) is 13.8. The monoisotopic (exact) mass is 299 g/mol. The van der Waals surface area contributed by atoms with E-state index in [1.165, 1.54) is 0 Å². The third kappa shape index (κ3) is 2.80. The first-order valence-corrected chi connectivity index (χ1v) is 7.77. The number of hydrogen-bond acceptors (Lipinski definition) is 6. The minimum atomic E-state index is 0.652. The van der Waals surface area contributed by atoms with Crippen LogP contribution in [0, 0.1) is 0 Å². The molecule has 0 aliphatic rings. The quantitative estimate of drug-likeness (QED) is 0.784. The summed E-state index contributed by atoms with van der Waals surface area (Å²) in [4.78, 5) is 16.8. The van der Waals surface area contributed by atoms with E-state index in [1.54, 1.807) is 11.3 Å². The van der Waals surface area contributed by atoms with Crippen LogP contribution in [-0.4, -0.2) is 28.5 Å². The Morgan fingerprint density at radius 2 is 2.14 bits per heavy atom. The Balaban J connectivity index is 2.01. The van der Waals surface area contributed by atoms with Crippen LogP contribution in [0.4, 0.5) is 11.8 Å². The van der Waals surface area contributed by atoms with Gasteiger partial charge in [0.2, 0.25) is 5.95 Å². The van der Waals surface area contributed by atoms with Crippen LogP contribution in [0.15, 0.2) is 35.8 Å². The van der Waals surface area contributed by atoms with E-state index in [0.717, 1.165) is 34.8 Å². The molecule has 5 nitrogen and oxygen atoms in total. The van der Waals surface area contributed by atoms with E-state index in [1.807, 2.05) is 31.4 Å². The summed E-state index contributed by atoms with van der Waals surface area (Å²) >= 11 is 1.63. The standard InChI is InChI=1S/C15H17N5S/c1-3-20(10-11-6-4-5-8-17-11)13-12-7-9-21-14(12)19-15(16-2)18-13/h4-9H,3,10H2,1-2H3,(H,16,18,19). The summed E-state index contributed by atoms with van der Waals surface area (Å²) in [5.41, 5.74) is 1.03. The fourth-order valence-electron chi connectivity index (χ4n) is 2.22. The topological polar surface area (TPSA) is 53.9 Å². The first-order chi connectivity index (χ1) is 10.3. The SMILES string of the molecule is CCN(Cc1ccccn1)c1nc(NC)nc2sccc12. The molecule has 0 aromatic carbocycles. The number of rotatable bonds is 5. The van der Waals surface area contributed by atoms with Crippen molar-refractivity contribution in [2.24, 2.45) is 0 Å². The molecule has 3 aromatic rings. The van der Waals surface area contributed by atoms with Gasteiger partial charge in [0, 0.05) is 19.8 Å². The molecule has 0 saturated carbocycles. The average Bonchev–Trinajstić information content (AvgIpc) is 3.01. The fourth-order valence-corrected chi connectivity index (χ4v) is 2.97. The van der Waals surface area contributed by atoms with Crippen molar-refractivity contribution in [3.63, 3.8) is 0 Å². The molecule has 0 amide bonds. The number of nitrogens with zero attached hydrogens (tertiary/aromatic N) is 4. The molecule has 0 saturated heterocycles. The summed E-state index contributed by atoms with van der Waals surface area (Å²) in [5, 5.41) is 6.18. The molecule has 6 heteroatoms. The van der Waals surface area contributed by atoms with Crippen LogP contribution in [0.5, 0.6) is 0 Å². The fraction of sp³-hybridized carbons (Fsp3) is 0.267. The number of fused-ring (bicyclic) bond motifs is 1. The molecule has 3 heterocycles. The highest BCUT2D eigenvalue weighted by molar-refractivity contribution is 7.16. The van der Waals surface area contributed by atoms with Crippen molar-refractivity contribution in [1.82, 2.24) is 15.0 Å². The Kier molecular flexibility index (Phi) is 3.96. The van der Waals surface area contributed by atoms with Gasteiger partial charge in [0.1, 0.15) is 10.6 Å². The molecule has 0 aliphatic carbocycles. The van der Waals surface area contributed by atoms with Gasteiger partial charge in [-0.15, -0.1) is 11.3 Å². The molecular weight excluding hydrogens is 282 g/mol. The normalized spacial score (nSPS) is 10.8. The number of aromatic nitrogens is 3. The number of anilines is 2. The van der Waals surface area contributed by atoms with Gasteiger partial charge in [-0.2, -0.15) is 4.98 Å². The smallest absolute Gasteiger partial charge is 0.225 e. The molecule has 0 radical (unpaired) electrons. The molecule has 0 aliphatic heterocycles. The van der Waals surface area contributed by atoms with Crippen molar-refractivity contribution >= 4 is 33.3 Å². The van der Waals surface area contributed by atoms with E-state index in [2.05, 4.69) is 43.5 Å². The summed E-state index contributed by atoms with van der Waals surface area (Å²) in [6.07, 6.45) is 1.82. The molecule has 0 spiro atoms. The third-order valence-corrected chi connectivity index (χ3v) is 4.10. The Morgan fingerprint density at radius 1 is 1.24 bits per heavy atom. The Labute approximate surface area is 127 Å². The van der Waals surface area contributed by atoms with Crippen LogP contribution in [-0.2, 0) is 6.54 Å².